The van der Waals surface area contributed by atoms with Gasteiger partial charge in [-0.3, -0.25) is 4.99 Å². The third kappa shape index (κ3) is 1.98. The van der Waals surface area contributed by atoms with Crippen molar-refractivity contribution in [3.05, 3.63) is 0 Å². The van der Waals surface area contributed by atoms with E-state index in [1.165, 1.54) is 10.9 Å². The molecule has 0 atom stereocenters. The Hall–Kier alpha value is 0.460. The van der Waals surface area contributed by atoms with E-state index in [0.29, 0.717) is 5.25 Å². The highest BCUT2D eigenvalue weighted by Gasteiger charge is 2.27. The first-order valence-electron chi connectivity index (χ1n) is 3.46. The van der Waals surface area contributed by atoms with Crippen LogP contribution in [-0.4, -0.2) is 40.7 Å². The summed E-state index contributed by atoms with van der Waals surface area (Å²) >= 11 is 6.20. The summed E-state index contributed by atoms with van der Waals surface area (Å²) in [7, 11) is 0. The van der Waals surface area contributed by atoms with Gasteiger partial charge in [-0.05, 0) is 0 Å². The molecule has 0 unspecified atom stereocenters. The molecule has 0 amide bonds. The molecule has 0 spiro atoms. The summed E-state index contributed by atoms with van der Waals surface area (Å²) in [5.74, 6) is 1.17. The Kier molecular flexibility index (Phi) is 3.40. The third-order valence-electron chi connectivity index (χ3n) is 1.70. The van der Waals surface area contributed by atoms with E-state index in [1.807, 2.05) is 11.8 Å². The molecule has 2 aliphatic heterocycles. The van der Waals surface area contributed by atoms with Gasteiger partial charge in [-0.2, -0.15) is 12.6 Å². The van der Waals surface area contributed by atoms with Crippen molar-refractivity contribution in [2.24, 2.45) is 4.99 Å². The van der Waals surface area contributed by atoms with Crippen molar-refractivity contribution in [3.63, 3.8) is 0 Å². The molecular weight excluding hydrogens is 200 g/mol. The summed E-state index contributed by atoms with van der Waals surface area (Å²) < 4.78 is 0. The first-order chi connectivity index (χ1) is 4.86. The second kappa shape index (κ2) is 3.92. The number of nitrogens with zero attached hydrogens (tertiary/aromatic N) is 2. The Morgan fingerprint density at radius 2 is 2.27 bits per heavy atom. The van der Waals surface area contributed by atoms with E-state index in [0.717, 1.165) is 19.6 Å². The molecule has 64 valence electrons. The van der Waals surface area contributed by atoms with Gasteiger partial charge >= 0.3 is 0 Å². The number of hydrogen-bond acceptors (Lipinski definition) is 4. The SMILES string of the molecule is Cl.SC1CN(C2=NCCS2)C1. The highest BCUT2D eigenvalue weighted by Crippen LogP contribution is 2.22. The van der Waals surface area contributed by atoms with Gasteiger partial charge in [0.05, 0.1) is 6.54 Å². The fourth-order valence-corrected chi connectivity index (χ4v) is 2.40. The van der Waals surface area contributed by atoms with E-state index < -0.39 is 0 Å². The van der Waals surface area contributed by atoms with Crippen LogP contribution in [0.25, 0.3) is 0 Å². The van der Waals surface area contributed by atoms with Crippen LogP contribution in [0.1, 0.15) is 0 Å². The number of rotatable bonds is 0. The van der Waals surface area contributed by atoms with Crippen LogP contribution in [-0.2, 0) is 0 Å². The minimum Gasteiger partial charge on any atom is -0.349 e. The zero-order valence-electron chi connectivity index (χ0n) is 6.06. The average Bonchev–Trinajstić information content (AvgIpc) is 2.31. The first-order valence-corrected chi connectivity index (χ1v) is 4.97. The topological polar surface area (TPSA) is 15.6 Å². The average molecular weight is 211 g/mol. The molecule has 0 bridgehead atoms. The zero-order valence-corrected chi connectivity index (χ0v) is 8.59. The van der Waals surface area contributed by atoms with E-state index in [2.05, 4.69) is 22.5 Å². The molecule has 2 heterocycles. The number of hydrogen-bond donors (Lipinski definition) is 1. The highest BCUT2D eigenvalue weighted by atomic mass is 35.5. The van der Waals surface area contributed by atoms with Crippen LogP contribution in [0.5, 0.6) is 0 Å². The smallest absolute Gasteiger partial charge is 0.159 e. The van der Waals surface area contributed by atoms with Crippen molar-refractivity contribution in [1.29, 1.82) is 0 Å². The molecule has 2 rings (SSSR count). The highest BCUT2D eigenvalue weighted by molar-refractivity contribution is 8.14. The van der Waals surface area contributed by atoms with Gasteiger partial charge in [0.25, 0.3) is 0 Å². The molecule has 1 saturated heterocycles. The second-order valence-electron chi connectivity index (χ2n) is 2.57. The lowest BCUT2D eigenvalue weighted by atomic mass is 10.2. The van der Waals surface area contributed by atoms with Crippen molar-refractivity contribution < 1.29 is 0 Å². The van der Waals surface area contributed by atoms with Gasteiger partial charge in [0.1, 0.15) is 0 Å². The molecule has 0 saturated carbocycles. The van der Waals surface area contributed by atoms with Crippen molar-refractivity contribution in [2.75, 3.05) is 25.4 Å². The summed E-state index contributed by atoms with van der Waals surface area (Å²) in [6.07, 6.45) is 0. The Labute approximate surface area is 82.6 Å². The first kappa shape index (κ1) is 9.55. The predicted octanol–water partition coefficient (Wildman–Crippen LogP) is 1.12. The fraction of sp³-hybridized carbons (Fsp3) is 0.833. The van der Waals surface area contributed by atoms with E-state index in [4.69, 9.17) is 0 Å². The summed E-state index contributed by atoms with van der Waals surface area (Å²) in [6, 6.07) is 0. The molecule has 0 aromatic carbocycles. The number of amidine groups is 1. The maximum absolute atomic E-state index is 4.36. The summed E-state index contributed by atoms with van der Waals surface area (Å²) in [4.78, 5) is 6.66. The van der Waals surface area contributed by atoms with Crippen molar-refractivity contribution >= 4 is 42.0 Å². The van der Waals surface area contributed by atoms with Crippen LogP contribution in [0.4, 0.5) is 0 Å². The molecule has 0 aromatic heterocycles. The van der Waals surface area contributed by atoms with Crippen LogP contribution in [0.15, 0.2) is 4.99 Å². The molecule has 0 aliphatic carbocycles. The van der Waals surface area contributed by atoms with Crippen LogP contribution < -0.4 is 0 Å². The normalized spacial score (nSPS) is 24.1. The van der Waals surface area contributed by atoms with Gasteiger partial charge in [0, 0.05) is 24.1 Å². The Morgan fingerprint density at radius 3 is 2.73 bits per heavy atom. The third-order valence-corrected chi connectivity index (χ3v) is 3.06. The van der Waals surface area contributed by atoms with E-state index in [-0.39, 0.29) is 12.4 Å². The number of thiol groups is 1. The van der Waals surface area contributed by atoms with Gasteiger partial charge < -0.3 is 4.90 Å². The standard InChI is InChI=1S/C6H10N2S2.ClH/c9-5-3-8(4-5)6-7-1-2-10-6;/h5,9H,1-4H2;1H. The molecule has 0 aromatic rings. The molecule has 5 heteroatoms. The lowest BCUT2D eigenvalue weighted by Crippen LogP contribution is -2.49. The molecule has 2 nitrogen and oxygen atoms in total. The Bertz CT molecular complexity index is 168. The van der Waals surface area contributed by atoms with Crippen LogP contribution in [0.3, 0.4) is 0 Å². The minimum absolute atomic E-state index is 0. The van der Waals surface area contributed by atoms with Gasteiger partial charge in [0.2, 0.25) is 0 Å². The maximum atomic E-state index is 4.36. The molecule has 11 heavy (non-hydrogen) atoms. The van der Waals surface area contributed by atoms with Crippen molar-refractivity contribution in [2.45, 2.75) is 5.25 Å². The van der Waals surface area contributed by atoms with E-state index in [1.54, 1.807) is 0 Å². The number of likely N-dealkylation sites (tertiary alicyclic amines) is 1. The van der Waals surface area contributed by atoms with E-state index in [9.17, 15) is 0 Å². The summed E-state index contributed by atoms with van der Waals surface area (Å²) in [6.45, 7) is 3.19. The predicted molar refractivity (Wildman–Crippen MR) is 56.4 cm³/mol. The molecule has 0 N–H and O–H groups in total. The molecular formula is C6H11ClN2S2. The number of halogens is 1. The minimum atomic E-state index is 0. The van der Waals surface area contributed by atoms with Gasteiger partial charge in [-0.25, -0.2) is 0 Å². The van der Waals surface area contributed by atoms with Crippen LogP contribution in [0, 0.1) is 0 Å². The van der Waals surface area contributed by atoms with E-state index >= 15 is 0 Å². The molecule has 2 aliphatic rings. The lowest BCUT2D eigenvalue weighted by Gasteiger charge is -2.37. The fourth-order valence-electron chi connectivity index (χ4n) is 1.13. The monoisotopic (exact) mass is 210 g/mol. The summed E-state index contributed by atoms with van der Waals surface area (Å²) in [5, 5.41) is 1.83. The second-order valence-corrected chi connectivity index (χ2v) is 4.36. The van der Waals surface area contributed by atoms with Gasteiger partial charge in [-0.15, -0.1) is 12.4 Å². The van der Waals surface area contributed by atoms with Crippen LogP contribution in [0.2, 0.25) is 0 Å². The Morgan fingerprint density at radius 1 is 1.55 bits per heavy atom. The maximum Gasteiger partial charge on any atom is 0.159 e. The van der Waals surface area contributed by atoms with Crippen molar-refractivity contribution in [3.8, 4) is 0 Å². The molecule has 0 radical (unpaired) electrons. The summed E-state index contributed by atoms with van der Waals surface area (Å²) in [5.41, 5.74) is 0. The largest absolute Gasteiger partial charge is 0.349 e. The van der Waals surface area contributed by atoms with Gasteiger partial charge in [-0.1, -0.05) is 11.8 Å². The zero-order chi connectivity index (χ0) is 6.97. The quantitative estimate of drug-likeness (QED) is 0.604. The molecule has 1 fully saturated rings. The van der Waals surface area contributed by atoms with Gasteiger partial charge in [0.15, 0.2) is 5.17 Å². The Balaban J connectivity index is 0.000000605. The van der Waals surface area contributed by atoms with Crippen LogP contribution >= 0.6 is 36.8 Å². The number of thioether (sulfide) groups is 1. The lowest BCUT2D eigenvalue weighted by molar-refractivity contribution is 0.319. The van der Waals surface area contributed by atoms with Crippen molar-refractivity contribution in [1.82, 2.24) is 4.90 Å². The number of aliphatic imine (C=N–C) groups is 1.